The number of carbonyl (C=O) groups excluding carboxylic acids is 1. The van der Waals surface area contributed by atoms with Crippen LogP contribution in [-0.2, 0) is 0 Å². The molecule has 1 N–H and O–H groups in total. The van der Waals surface area contributed by atoms with Crippen LogP contribution in [0, 0.1) is 26.7 Å². The molecule has 122 valence electrons. The first kappa shape index (κ1) is 16.3. The van der Waals surface area contributed by atoms with E-state index in [0.717, 1.165) is 28.5 Å². The Morgan fingerprint density at radius 2 is 1.88 bits per heavy atom. The van der Waals surface area contributed by atoms with Crippen molar-refractivity contribution in [2.75, 3.05) is 5.32 Å². The lowest BCUT2D eigenvalue weighted by Gasteiger charge is -2.08. The number of halogens is 1. The zero-order chi connectivity index (χ0) is 17.3. The maximum absolute atomic E-state index is 13.1. The van der Waals surface area contributed by atoms with Crippen LogP contribution < -0.4 is 5.32 Å². The molecule has 0 bridgehead atoms. The minimum atomic E-state index is -0.687. The van der Waals surface area contributed by atoms with Crippen LogP contribution in [0.25, 0.3) is 11.3 Å². The number of aryl methyl sites for hydroxylation is 3. The Morgan fingerprint density at radius 3 is 2.54 bits per heavy atom. The SMILES string of the molecule is Cc1cc(C)c(-c2csc(NC(=O)c3ccnc(F)c3)n2)c(C)c1. The third kappa shape index (κ3) is 3.33. The second kappa shape index (κ2) is 6.49. The predicted molar refractivity (Wildman–Crippen MR) is 93.9 cm³/mol. The van der Waals surface area contributed by atoms with Crippen molar-refractivity contribution >= 4 is 22.4 Å². The highest BCUT2D eigenvalue weighted by Gasteiger charge is 2.13. The Kier molecular flexibility index (Phi) is 4.40. The van der Waals surface area contributed by atoms with E-state index in [-0.39, 0.29) is 5.56 Å². The van der Waals surface area contributed by atoms with E-state index in [4.69, 9.17) is 0 Å². The molecule has 1 aromatic carbocycles. The molecular weight excluding hydrogens is 325 g/mol. The van der Waals surface area contributed by atoms with E-state index in [2.05, 4.69) is 34.3 Å². The zero-order valence-electron chi connectivity index (χ0n) is 13.6. The number of carbonyl (C=O) groups is 1. The molecule has 3 aromatic rings. The number of pyridine rings is 1. The molecular formula is C18H16FN3OS. The molecule has 3 rings (SSSR count). The van der Waals surface area contributed by atoms with Crippen LogP contribution in [0.2, 0.25) is 0 Å². The smallest absolute Gasteiger partial charge is 0.257 e. The summed E-state index contributed by atoms with van der Waals surface area (Å²) >= 11 is 1.34. The van der Waals surface area contributed by atoms with Gasteiger partial charge in [0, 0.05) is 28.8 Å². The summed E-state index contributed by atoms with van der Waals surface area (Å²) < 4.78 is 13.1. The van der Waals surface area contributed by atoms with E-state index in [9.17, 15) is 9.18 Å². The van der Waals surface area contributed by atoms with Gasteiger partial charge in [0.1, 0.15) is 0 Å². The molecule has 6 heteroatoms. The fourth-order valence-electron chi connectivity index (χ4n) is 2.74. The standard InChI is InChI=1S/C18H16FN3OS/c1-10-6-11(2)16(12(3)7-10)14-9-24-18(21-14)22-17(23)13-4-5-20-15(19)8-13/h4-9H,1-3H3,(H,21,22,23). The van der Waals surface area contributed by atoms with Crippen LogP contribution in [0.4, 0.5) is 9.52 Å². The van der Waals surface area contributed by atoms with Gasteiger partial charge in [-0.1, -0.05) is 17.7 Å². The van der Waals surface area contributed by atoms with E-state index in [0.29, 0.717) is 5.13 Å². The molecule has 0 spiro atoms. The second-order valence-electron chi connectivity index (χ2n) is 5.63. The average molecular weight is 341 g/mol. The normalized spacial score (nSPS) is 10.7. The molecule has 0 aliphatic rings. The molecule has 0 radical (unpaired) electrons. The molecule has 0 aliphatic carbocycles. The molecule has 1 amide bonds. The Balaban J connectivity index is 1.85. The molecule has 0 saturated heterocycles. The second-order valence-corrected chi connectivity index (χ2v) is 6.49. The number of rotatable bonds is 3. The lowest BCUT2D eigenvalue weighted by Crippen LogP contribution is -2.12. The number of nitrogens with zero attached hydrogens (tertiary/aromatic N) is 2. The first-order valence-electron chi connectivity index (χ1n) is 7.40. The van der Waals surface area contributed by atoms with Gasteiger partial charge in [-0.25, -0.2) is 9.97 Å². The van der Waals surface area contributed by atoms with Crippen LogP contribution in [-0.4, -0.2) is 15.9 Å². The number of hydrogen-bond donors (Lipinski definition) is 1. The van der Waals surface area contributed by atoms with Crippen molar-refractivity contribution in [1.29, 1.82) is 0 Å². The number of nitrogens with one attached hydrogen (secondary N) is 1. The number of benzene rings is 1. The third-order valence-corrected chi connectivity index (χ3v) is 4.40. The number of thiazole rings is 1. The molecule has 0 atom stereocenters. The molecule has 2 aromatic heterocycles. The predicted octanol–water partition coefficient (Wildman–Crippen LogP) is 4.52. The summed E-state index contributed by atoms with van der Waals surface area (Å²) in [6.07, 6.45) is 1.26. The van der Waals surface area contributed by atoms with E-state index < -0.39 is 11.9 Å². The lowest BCUT2D eigenvalue weighted by molar-refractivity contribution is 0.102. The molecule has 0 saturated carbocycles. The largest absolute Gasteiger partial charge is 0.298 e. The van der Waals surface area contributed by atoms with Crippen molar-refractivity contribution in [3.05, 3.63) is 64.0 Å². The fraction of sp³-hybridized carbons (Fsp3) is 0.167. The van der Waals surface area contributed by atoms with Crippen molar-refractivity contribution < 1.29 is 9.18 Å². The van der Waals surface area contributed by atoms with Gasteiger partial charge in [0.15, 0.2) is 5.13 Å². The average Bonchev–Trinajstić information content (AvgIpc) is 2.94. The summed E-state index contributed by atoms with van der Waals surface area (Å²) in [5.41, 5.74) is 5.61. The van der Waals surface area contributed by atoms with E-state index in [1.54, 1.807) is 0 Å². The van der Waals surface area contributed by atoms with Crippen molar-refractivity contribution in [3.8, 4) is 11.3 Å². The zero-order valence-corrected chi connectivity index (χ0v) is 14.4. The first-order chi connectivity index (χ1) is 11.4. The van der Waals surface area contributed by atoms with Gasteiger partial charge in [-0.15, -0.1) is 11.3 Å². The van der Waals surface area contributed by atoms with Crippen LogP contribution in [0.15, 0.2) is 35.8 Å². The maximum Gasteiger partial charge on any atom is 0.257 e. The topological polar surface area (TPSA) is 54.9 Å². The minimum Gasteiger partial charge on any atom is -0.298 e. The third-order valence-electron chi connectivity index (χ3n) is 3.65. The Labute approximate surface area is 143 Å². The highest BCUT2D eigenvalue weighted by molar-refractivity contribution is 7.14. The Hall–Kier alpha value is -2.60. The van der Waals surface area contributed by atoms with Crippen LogP contribution in [0.1, 0.15) is 27.0 Å². The number of aromatic nitrogens is 2. The highest BCUT2D eigenvalue weighted by atomic mass is 32.1. The van der Waals surface area contributed by atoms with Gasteiger partial charge in [-0.2, -0.15) is 4.39 Å². The summed E-state index contributed by atoms with van der Waals surface area (Å²) in [5.74, 6) is -1.09. The molecule has 2 heterocycles. The number of hydrogen-bond acceptors (Lipinski definition) is 4. The maximum atomic E-state index is 13.1. The quantitative estimate of drug-likeness (QED) is 0.713. The van der Waals surface area contributed by atoms with Gasteiger partial charge in [0.2, 0.25) is 5.95 Å². The Bertz CT molecular complexity index is 897. The fourth-order valence-corrected chi connectivity index (χ4v) is 3.44. The van der Waals surface area contributed by atoms with Gasteiger partial charge in [-0.3, -0.25) is 10.1 Å². The highest BCUT2D eigenvalue weighted by Crippen LogP contribution is 2.31. The summed E-state index contributed by atoms with van der Waals surface area (Å²) in [4.78, 5) is 20.1. The minimum absolute atomic E-state index is 0.210. The Morgan fingerprint density at radius 1 is 1.17 bits per heavy atom. The number of anilines is 1. The molecule has 4 nitrogen and oxygen atoms in total. The van der Waals surface area contributed by atoms with Gasteiger partial charge >= 0.3 is 0 Å². The lowest BCUT2D eigenvalue weighted by atomic mass is 9.98. The van der Waals surface area contributed by atoms with Crippen molar-refractivity contribution in [3.63, 3.8) is 0 Å². The summed E-state index contributed by atoms with van der Waals surface area (Å²) in [6.45, 7) is 6.16. The molecule has 0 unspecified atom stereocenters. The van der Waals surface area contributed by atoms with Crippen molar-refractivity contribution in [2.24, 2.45) is 0 Å². The van der Waals surface area contributed by atoms with Crippen molar-refractivity contribution in [2.45, 2.75) is 20.8 Å². The summed E-state index contributed by atoms with van der Waals surface area (Å²) in [7, 11) is 0. The first-order valence-corrected chi connectivity index (χ1v) is 8.28. The molecule has 0 aliphatic heterocycles. The number of amides is 1. The van der Waals surface area contributed by atoms with Gasteiger partial charge in [-0.05, 0) is 38.0 Å². The van der Waals surface area contributed by atoms with Crippen molar-refractivity contribution in [1.82, 2.24) is 9.97 Å². The monoisotopic (exact) mass is 341 g/mol. The van der Waals surface area contributed by atoms with Gasteiger partial charge in [0.25, 0.3) is 5.91 Å². The van der Waals surface area contributed by atoms with E-state index >= 15 is 0 Å². The van der Waals surface area contributed by atoms with Crippen LogP contribution in [0.5, 0.6) is 0 Å². The van der Waals surface area contributed by atoms with Crippen LogP contribution in [0.3, 0.4) is 0 Å². The van der Waals surface area contributed by atoms with E-state index in [1.165, 1.54) is 29.2 Å². The molecule has 24 heavy (non-hydrogen) atoms. The summed E-state index contributed by atoms with van der Waals surface area (Å²) in [5, 5.41) is 5.09. The summed E-state index contributed by atoms with van der Waals surface area (Å²) in [6, 6.07) is 6.78. The van der Waals surface area contributed by atoms with Gasteiger partial charge < -0.3 is 0 Å². The van der Waals surface area contributed by atoms with Gasteiger partial charge in [0.05, 0.1) is 5.69 Å². The van der Waals surface area contributed by atoms with Crippen LogP contribution >= 0.6 is 11.3 Å². The van der Waals surface area contributed by atoms with E-state index in [1.807, 2.05) is 19.2 Å². The molecule has 0 fully saturated rings.